The van der Waals surface area contributed by atoms with Gasteiger partial charge in [-0.05, 0) is 17.7 Å². The van der Waals surface area contributed by atoms with E-state index < -0.39 is 30.0 Å². The highest BCUT2D eigenvalue weighted by Gasteiger charge is 2.60. The third kappa shape index (κ3) is 3.44. The van der Waals surface area contributed by atoms with Crippen LogP contribution in [0.3, 0.4) is 0 Å². The lowest BCUT2D eigenvalue weighted by Crippen LogP contribution is -2.45. The van der Waals surface area contributed by atoms with E-state index in [1.54, 1.807) is 0 Å². The number of halogens is 5. The Labute approximate surface area is 159 Å². The lowest BCUT2D eigenvalue weighted by molar-refractivity contribution is -0.355. The van der Waals surface area contributed by atoms with E-state index in [2.05, 4.69) is 20.1 Å². The number of rotatable bonds is 3. The van der Waals surface area contributed by atoms with Crippen LogP contribution < -0.4 is 0 Å². The van der Waals surface area contributed by atoms with E-state index >= 15 is 0 Å². The molecule has 0 fully saturated rings. The average molecular weight is 411 g/mol. The smallest absolute Gasteiger partial charge is 0.350 e. The fourth-order valence-electron chi connectivity index (χ4n) is 2.65. The van der Waals surface area contributed by atoms with Crippen LogP contribution in [0, 0.1) is 11.6 Å². The molecule has 0 saturated carbocycles. The van der Waals surface area contributed by atoms with Crippen molar-refractivity contribution in [1.82, 2.24) is 10.1 Å². The summed E-state index contributed by atoms with van der Waals surface area (Å²) in [5.74, 6) is -5.05. The van der Waals surface area contributed by atoms with Crippen LogP contribution in [0.1, 0.15) is 12.0 Å². The van der Waals surface area contributed by atoms with Crippen molar-refractivity contribution in [2.45, 2.75) is 18.4 Å². The Bertz CT molecular complexity index is 1090. The molecule has 1 atom stereocenters. The van der Waals surface area contributed by atoms with Crippen molar-refractivity contribution in [2.75, 3.05) is 0 Å². The van der Waals surface area contributed by atoms with Gasteiger partial charge in [0.25, 0.3) is 5.89 Å². The zero-order valence-corrected chi connectivity index (χ0v) is 14.2. The first-order valence-electron chi connectivity index (χ1n) is 8.10. The molecule has 6 nitrogen and oxygen atoms in total. The van der Waals surface area contributed by atoms with E-state index in [0.717, 1.165) is 12.1 Å². The molecular formula is C18H10F5N3O3. The lowest BCUT2D eigenvalue weighted by Gasteiger charge is -2.22. The third-order valence-corrected chi connectivity index (χ3v) is 4.22. The van der Waals surface area contributed by atoms with Crippen LogP contribution in [-0.4, -0.2) is 32.9 Å². The number of alkyl halides is 3. The Morgan fingerprint density at radius 1 is 1.00 bits per heavy atom. The predicted octanol–water partition coefficient (Wildman–Crippen LogP) is 4.06. The Balaban J connectivity index is 1.55. The molecule has 0 aliphatic carbocycles. The predicted molar refractivity (Wildman–Crippen MR) is 88.3 cm³/mol. The second-order valence-corrected chi connectivity index (χ2v) is 6.21. The zero-order chi connectivity index (χ0) is 20.8. The van der Waals surface area contributed by atoms with Gasteiger partial charge in [-0.15, -0.1) is 0 Å². The van der Waals surface area contributed by atoms with Gasteiger partial charge in [0.1, 0.15) is 11.6 Å². The molecule has 0 saturated heterocycles. The highest BCUT2D eigenvalue weighted by Crippen LogP contribution is 2.39. The zero-order valence-electron chi connectivity index (χ0n) is 14.2. The fraction of sp³-hybridized carbons (Fsp3) is 0.167. The average Bonchev–Trinajstić information content (AvgIpc) is 3.29. The van der Waals surface area contributed by atoms with Crippen LogP contribution in [0.25, 0.3) is 22.8 Å². The van der Waals surface area contributed by atoms with Gasteiger partial charge in [-0.25, -0.2) is 8.78 Å². The SMILES string of the molecule is OC1(C(F)(F)F)CC(c2ccc(-c3noc(-c4ccc(F)cc4F)n3)cc2)=NO1. The van der Waals surface area contributed by atoms with Crippen LogP contribution in [-0.2, 0) is 4.84 Å². The van der Waals surface area contributed by atoms with E-state index in [0.29, 0.717) is 17.2 Å². The van der Waals surface area contributed by atoms with Crippen LogP contribution in [0.5, 0.6) is 0 Å². The van der Waals surface area contributed by atoms with Crippen molar-refractivity contribution in [3.05, 3.63) is 59.7 Å². The van der Waals surface area contributed by atoms with Gasteiger partial charge in [-0.3, -0.25) is 0 Å². The number of aliphatic hydroxyl groups is 1. The van der Waals surface area contributed by atoms with Gasteiger partial charge in [0.05, 0.1) is 17.7 Å². The maximum Gasteiger partial charge on any atom is 0.458 e. The molecule has 0 bridgehead atoms. The molecule has 29 heavy (non-hydrogen) atoms. The summed E-state index contributed by atoms with van der Waals surface area (Å²) in [6.07, 6.45) is -5.85. The molecule has 1 aliphatic heterocycles. The van der Waals surface area contributed by atoms with E-state index in [1.807, 2.05) is 0 Å². The first-order valence-corrected chi connectivity index (χ1v) is 8.10. The highest BCUT2D eigenvalue weighted by atomic mass is 19.4. The number of hydrogen-bond donors (Lipinski definition) is 1. The van der Waals surface area contributed by atoms with Crippen molar-refractivity contribution in [3.63, 3.8) is 0 Å². The van der Waals surface area contributed by atoms with Crippen molar-refractivity contribution >= 4 is 5.71 Å². The largest absolute Gasteiger partial charge is 0.458 e. The topological polar surface area (TPSA) is 80.7 Å². The Morgan fingerprint density at radius 2 is 1.69 bits per heavy atom. The minimum absolute atomic E-state index is 0.0781. The molecule has 1 unspecified atom stereocenters. The summed E-state index contributed by atoms with van der Waals surface area (Å²) < 4.78 is 70.2. The third-order valence-electron chi connectivity index (χ3n) is 4.22. The molecule has 150 valence electrons. The molecule has 1 aromatic heterocycles. The van der Waals surface area contributed by atoms with Crippen LogP contribution in [0.2, 0.25) is 0 Å². The van der Waals surface area contributed by atoms with Crippen molar-refractivity contribution in [3.8, 4) is 22.8 Å². The summed E-state index contributed by atoms with van der Waals surface area (Å²) >= 11 is 0. The van der Waals surface area contributed by atoms with Gasteiger partial charge in [0.15, 0.2) is 0 Å². The van der Waals surface area contributed by atoms with E-state index in [-0.39, 0.29) is 23.0 Å². The van der Waals surface area contributed by atoms with Crippen LogP contribution in [0.15, 0.2) is 52.1 Å². The van der Waals surface area contributed by atoms with Crippen molar-refractivity contribution in [2.24, 2.45) is 5.16 Å². The number of oxime groups is 1. The number of benzene rings is 2. The molecule has 3 aromatic rings. The number of nitrogens with zero attached hydrogens (tertiary/aromatic N) is 3. The van der Waals surface area contributed by atoms with E-state index in [1.165, 1.54) is 24.3 Å². The first kappa shape index (κ1) is 19.0. The lowest BCUT2D eigenvalue weighted by atomic mass is 10.0. The summed E-state index contributed by atoms with van der Waals surface area (Å²) in [5.41, 5.74) is 0.559. The number of hydrogen-bond acceptors (Lipinski definition) is 6. The summed E-state index contributed by atoms with van der Waals surface area (Å²) in [6.45, 7) is 0. The standard InChI is InChI=1S/C18H10F5N3O3/c19-11-5-6-12(13(20)7-11)16-24-15(26-28-16)10-3-1-9(2-4-10)14-8-17(27,29-25-14)18(21,22)23/h1-7,27H,8H2. The molecular weight excluding hydrogens is 401 g/mol. The molecule has 0 radical (unpaired) electrons. The maximum absolute atomic E-state index is 13.8. The van der Waals surface area contributed by atoms with Crippen molar-refractivity contribution in [1.29, 1.82) is 0 Å². The number of aromatic nitrogens is 2. The summed E-state index contributed by atoms with van der Waals surface area (Å²) in [5, 5.41) is 16.5. The monoisotopic (exact) mass is 411 g/mol. The quantitative estimate of drug-likeness (QED) is 0.658. The normalized spacial score (nSPS) is 19.2. The second kappa shape index (κ2) is 6.62. The van der Waals surface area contributed by atoms with Gasteiger partial charge in [0, 0.05) is 11.6 Å². The van der Waals surface area contributed by atoms with E-state index in [9.17, 15) is 27.1 Å². The van der Waals surface area contributed by atoms with Gasteiger partial charge in [0.2, 0.25) is 5.82 Å². The van der Waals surface area contributed by atoms with Gasteiger partial charge < -0.3 is 14.5 Å². The summed E-state index contributed by atoms with van der Waals surface area (Å²) in [6, 6.07) is 8.73. The Hall–Kier alpha value is -3.34. The Kier molecular flexibility index (Phi) is 4.34. The summed E-state index contributed by atoms with van der Waals surface area (Å²) in [4.78, 5) is 8.22. The molecule has 1 aliphatic rings. The van der Waals surface area contributed by atoms with Crippen LogP contribution in [0.4, 0.5) is 22.0 Å². The minimum Gasteiger partial charge on any atom is -0.350 e. The fourth-order valence-corrected chi connectivity index (χ4v) is 2.65. The molecule has 4 rings (SSSR count). The molecule has 2 heterocycles. The van der Waals surface area contributed by atoms with Crippen molar-refractivity contribution < 1.29 is 36.4 Å². The van der Waals surface area contributed by atoms with Gasteiger partial charge in [-0.2, -0.15) is 18.2 Å². The second-order valence-electron chi connectivity index (χ2n) is 6.21. The minimum atomic E-state index is -4.99. The molecule has 0 amide bonds. The molecule has 2 aromatic carbocycles. The highest BCUT2D eigenvalue weighted by molar-refractivity contribution is 6.01. The molecule has 1 N–H and O–H groups in total. The Morgan fingerprint density at radius 3 is 2.31 bits per heavy atom. The van der Waals surface area contributed by atoms with Crippen LogP contribution >= 0.6 is 0 Å². The molecule has 0 spiro atoms. The maximum atomic E-state index is 13.8. The van der Waals surface area contributed by atoms with E-state index in [4.69, 9.17) is 4.52 Å². The summed E-state index contributed by atoms with van der Waals surface area (Å²) in [7, 11) is 0. The van der Waals surface area contributed by atoms with Gasteiger partial charge >= 0.3 is 12.0 Å². The molecule has 11 heteroatoms. The van der Waals surface area contributed by atoms with Gasteiger partial charge in [-0.1, -0.05) is 34.6 Å². The first-order chi connectivity index (χ1) is 13.7.